The molecule has 2 N–H and O–H groups in total. The van der Waals surface area contributed by atoms with Crippen LogP contribution in [0.15, 0.2) is 45.3 Å². The molecule has 0 fully saturated rings. The fourth-order valence-corrected chi connectivity index (χ4v) is 4.90. The summed E-state index contributed by atoms with van der Waals surface area (Å²) in [7, 11) is -3.76. The van der Waals surface area contributed by atoms with Crippen LogP contribution in [0.3, 0.4) is 0 Å². The molecule has 0 aliphatic heterocycles. The molecule has 0 atom stereocenters. The van der Waals surface area contributed by atoms with Crippen LogP contribution in [0.25, 0.3) is 0 Å². The number of amides is 1. The standard InChI is InChI=1S/C15H11F2N3O3S3/c16-10-3-1-4-11(17)9(10)7-18-14(21)12-8-25-15(19-12)20-26(22,23)13-5-2-6-24-13/h1-6,8H,7H2,(H,18,21)(H,19,20). The van der Waals surface area contributed by atoms with Crippen LogP contribution in [0.5, 0.6) is 0 Å². The van der Waals surface area contributed by atoms with Crippen molar-refractivity contribution in [3.63, 3.8) is 0 Å². The number of thiophene rings is 1. The minimum absolute atomic E-state index is 0.0145. The van der Waals surface area contributed by atoms with Crippen LogP contribution in [0, 0.1) is 11.6 Å². The smallest absolute Gasteiger partial charge is 0.273 e. The number of nitrogens with zero attached hydrogens (tertiary/aromatic N) is 1. The molecule has 11 heteroatoms. The van der Waals surface area contributed by atoms with Gasteiger partial charge >= 0.3 is 0 Å². The van der Waals surface area contributed by atoms with Gasteiger partial charge in [-0.15, -0.1) is 22.7 Å². The molecule has 136 valence electrons. The number of hydrogen-bond donors (Lipinski definition) is 2. The monoisotopic (exact) mass is 415 g/mol. The van der Waals surface area contributed by atoms with Crippen molar-refractivity contribution in [3.05, 3.63) is 64.0 Å². The van der Waals surface area contributed by atoms with Gasteiger partial charge in [-0.1, -0.05) is 12.1 Å². The molecule has 0 spiro atoms. The zero-order chi connectivity index (χ0) is 18.7. The summed E-state index contributed by atoms with van der Waals surface area (Å²) in [5.41, 5.74) is -0.328. The Morgan fingerprint density at radius 1 is 1.12 bits per heavy atom. The van der Waals surface area contributed by atoms with Crippen molar-refractivity contribution < 1.29 is 22.0 Å². The quantitative estimate of drug-likeness (QED) is 0.647. The van der Waals surface area contributed by atoms with E-state index < -0.39 is 27.6 Å². The van der Waals surface area contributed by atoms with Crippen LogP contribution < -0.4 is 10.0 Å². The van der Waals surface area contributed by atoms with Crippen LogP contribution >= 0.6 is 22.7 Å². The Balaban J connectivity index is 1.67. The third-order valence-corrected chi connectivity index (χ3v) is 6.83. The number of carbonyl (C=O) groups is 1. The van der Waals surface area contributed by atoms with E-state index in [4.69, 9.17) is 0 Å². The van der Waals surface area contributed by atoms with E-state index in [9.17, 15) is 22.0 Å². The van der Waals surface area contributed by atoms with Gasteiger partial charge in [0.2, 0.25) is 0 Å². The Morgan fingerprint density at radius 3 is 2.50 bits per heavy atom. The highest BCUT2D eigenvalue weighted by Crippen LogP contribution is 2.23. The number of aromatic nitrogens is 1. The molecule has 0 bridgehead atoms. The van der Waals surface area contributed by atoms with Gasteiger partial charge in [0, 0.05) is 17.5 Å². The van der Waals surface area contributed by atoms with Crippen LogP contribution in [0.2, 0.25) is 0 Å². The molecule has 0 aliphatic rings. The number of hydrogen-bond acceptors (Lipinski definition) is 6. The number of carbonyl (C=O) groups excluding carboxylic acids is 1. The van der Waals surface area contributed by atoms with E-state index in [-0.39, 0.29) is 27.1 Å². The van der Waals surface area contributed by atoms with Crippen LogP contribution in [-0.4, -0.2) is 19.3 Å². The van der Waals surface area contributed by atoms with Crippen molar-refractivity contribution in [2.45, 2.75) is 10.8 Å². The second-order valence-electron chi connectivity index (χ2n) is 4.96. The van der Waals surface area contributed by atoms with E-state index in [1.54, 1.807) is 11.4 Å². The zero-order valence-electron chi connectivity index (χ0n) is 12.9. The fourth-order valence-electron chi connectivity index (χ4n) is 1.97. The maximum absolute atomic E-state index is 13.5. The second-order valence-corrected chi connectivity index (χ2v) is 8.67. The van der Waals surface area contributed by atoms with Gasteiger partial charge in [0.15, 0.2) is 5.13 Å². The summed E-state index contributed by atoms with van der Waals surface area (Å²) >= 11 is 1.97. The summed E-state index contributed by atoms with van der Waals surface area (Å²) in [5.74, 6) is -2.22. The average molecular weight is 415 g/mol. The van der Waals surface area contributed by atoms with Gasteiger partial charge in [-0.2, -0.15) is 0 Å². The summed E-state index contributed by atoms with van der Waals surface area (Å²) in [6, 6.07) is 6.44. The van der Waals surface area contributed by atoms with Crippen LogP contribution in [0.4, 0.5) is 13.9 Å². The third-order valence-electron chi connectivity index (χ3n) is 3.21. The summed E-state index contributed by atoms with van der Waals surface area (Å²) in [6.07, 6.45) is 0. The van der Waals surface area contributed by atoms with Crippen molar-refractivity contribution in [2.24, 2.45) is 0 Å². The lowest BCUT2D eigenvalue weighted by Crippen LogP contribution is -2.24. The number of thiazole rings is 1. The minimum Gasteiger partial charge on any atom is -0.346 e. The van der Waals surface area contributed by atoms with Crippen molar-refractivity contribution in [1.82, 2.24) is 10.3 Å². The Morgan fingerprint density at radius 2 is 1.85 bits per heavy atom. The van der Waals surface area contributed by atoms with Gasteiger partial charge in [0.25, 0.3) is 15.9 Å². The van der Waals surface area contributed by atoms with Crippen LogP contribution in [0.1, 0.15) is 16.1 Å². The van der Waals surface area contributed by atoms with Gasteiger partial charge < -0.3 is 5.32 Å². The molecule has 1 aromatic carbocycles. The lowest BCUT2D eigenvalue weighted by molar-refractivity contribution is 0.0946. The van der Waals surface area contributed by atoms with Crippen LogP contribution in [-0.2, 0) is 16.6 Å². The highest BCUT2D eigenvalue weighted by molar-refractivity contribution is 7.94. The van der Waals surface area contributed by atoms with Gasteiger partial charge in [0.05, 0.1) is 0 Å². The van der Waals surface area contributed by atoms with E-state index in [1.165, 1.54) is 17.5 Å². The minimum atomic E-state index is -3.76. The first kappa shape index (κ1) is 18.4. The van der Waals surface area contributed by atoms with E-state index in [0.717, 1.165) is 34.8 Å². The Kier molecular flexibility index (Phi) is 5.30. The van der Waals surface area contributed by atoms with E-state index in [0.29, 0.717) is 0 Å². The molecule has 3 rings (SSSR count). The summed E-state index contributed by atoms with van der Waals surface area (Å²) in [4.78, 5) is 16.0. The molecule has 0 unspecified atom stereocenters. The van der Waals surface area contributed by atoms with Gasteiger partial charge in [-0.3, -0.25) is 9.52 Å². The predicted molar refractivity (Wildman–Crippen MR) is 94.8 cm³/mol. The first-order chi connectivity index (χ1) is 12.4. The van der Waals surface area contributed by atoms with E-state index in [1.807, 2.05) is 0 Å². The highest BCUT2D eigenvalue weighted by Gasteiger charge is 2.19. The summed E-state index contributed by atoms with van der Waals surface area (Å²) < 4.78 is 53.7. The number of sulfonamides is 1. The predicted octanol–water partition coefficient (Wildman–Crippen LogP) is 3.21. The molecular formula is C15H11F2N3O3S3. The maximum atomic E-state index is 13.5. The molecule has 2 heterocycles. The molecule has 0 radical (unpaired) electrons. The molecule has 6 nitrogen and oxygen atoms in total. The zero-order valence-corrected chi connectivity index (χ0v) is 15.4. The highest BCUT2D eigenvalue weighted by atomic mass is 32.2. The van der Waals surface area contributed by atoms with Crippen molar-refractivity contribution in [3.8, 4) is 0 Å². The van der Waals surface area contributed by atoms with E-state index in [2.05, 4.69) is 15.0 Å². The molecule has 0 aliphatic carbocycles. The number of benzene rings is 1. The second kappa shape index (κ2) is 7.48. The largest absolute Gasteiger partial charge is 0.346 e. The first-order valence-electron chi connectivity index (χ1n) is 7.10. The summed E-state index contributed by atoms with van der Waals surface area (Å²) in [5, 5.41) is 5.33. The average Bonchev–Trinajstić information content (AvgIpc) is 3.25. The van der Waals surface area contributed by atoms with E-state index >= 15 is 0 Å². The number of rotatable bonds is 6. The number of nitrogens with one attached hydrogen (secondary N) is 2. The van der Waals surface area contributed by atoms with Gasteiger partial charge in [0.1, 0.15) is 21.5 Å². The Hall–Kier alpha value is -2.37. The molecule has 26 heavy (non-hydrogen) atoms. The molecule has 3 aromatic rings. The number of halogens is 2. The lowest BCUT2D eigenvalue weighted by atomic mass is 10.2. The topological polar surface area (TPSA) is 88.2 Å². The van der Waals surface area contributed by atoms with Gasteiger partial charge in [-0.05, 0) is 23.6 Å². The van der Waals surface area contributed by atoms with Crippen molar-refractivity contribution in [2.75, 3.05) is 4.72 Å². The van der Waals surface area contributed by atoms with Crippen molar-refractivity contribution >= 4 is 43.7 Å². The number of anilines is 1. The summed E-state index contributed by atoms with van der Waals surface area (Å²) in [6.45, 7) is -0.356. The molecule has 0 saturated heterocycles. The Bertz CT molecular complexity index is 1010. The SMILES string of the molecule is O=C(NCc1c(F)cccc1F)c1csc(NS(=O)(=O)c2cccs2)n1. The first-order valence-corrected chi connectivity index (χ1v) is 10.3. The molecule has 0 saturated carbocycles. The van der Waals surface area contributed by atoms with Gasteiger partial charge in [-0.25, -0.2) is 22.2 Å². The molecule has 2 aromatic heterocycles. The maximum Gasteiger partial charge on any atom is 0.273 e. The third kappa shape index (κ3) is 4.06. The molecular weight excluding hydrogens is 404 g/mol. The fraction of sp³-hybridized carbons (Fsp3) is 0.0667. The molecule has 1 amide bonds. The Labute approximate surface area is 155 Å². The van der Waals surface area contributed by atoms with Crippen molar-refractivity contribution in [1.29, 1.82) is 0 Å². The normalized spacial score (nSPS) is 11.3. The lowest BCUT2D eigenvalue weighted by Gasteiger charge is -2.06.